The molecule has 1 aromatic heterocycles. The molecule has 0 bridgehead atoms. The van der Waals surface area contributed by atoms with Crippen molar-refractivity contribution in [1.82, 2.24) is 9.97 Å². The van der Waals surface area contributed by atoms with Crippen molar-refractivity contribution < 1.29 is 9.31 Å². The van der Waals surface area contributed by atoms with Crippen LogP contribution in [0.1, 0.15) is 0 Å². The number of benzene rings is 1. The molecule has 1 heterocycles. The van der Waals surface area contributed by atoms with Gasteiger partial charge in [-0.1, -0.05) is 0 Å². The number of halogens is 1. The maximum Gasteiger partial charge on any atom is 0.329 e. The molecule has 2 N–H and O–H groups in total. The van der Waals surface area contributed by atoms with Crippen molar-refractivity contribution in [1.29, 1.82) is 0 Å². The van der Waals surface area contributed by atoms with Gasteiger partial charge in [0.15, 0.2) is 5.82 Å². The summed E-state index contributed by atoms with van der Waals surface area (Å²) < 4.78 is 12.7. The summed E-state index contributed by atoms with van der Waals surface area (Å²) in [6.07, 6.45) is 1.03. The summed E-state index contributed by atoms with van der Waals surface area (Å²) in [6.45, 7) is 0. The minimum Gasteiger partial charge on any atom is -0.378 e. The zero-order chi connectivity index (χ0) is 12.4. The Kier molecular flexibility index (Phi) is 2.65. The Hall–Kier alpha value is -2.57. The van der Waals surface area contributed by atoms with E-state index in [9.17, 15) is 14.5 Å². The number of hydrogen-bond donors (Lipinski definition) is 1. The van der Waals surface area contributed by atoms with Crippen LogP contribution in [0.4, 0.5) is 15.9 Å². The molecule has 0 spiro atoms. The van der Waals surface area contributed by atoms with Crippen LogP contribution in [0.5, 0.6) is 0 Å². The van der Waals surface area contributed by atoms with E-state index in [-0.39, 0.29) is 23.1 Å². The van der Waals surface area contributed by atoms with Crippen LogP contribution in [0.15, 0.2) is 30.5 Å². The third-order valence-electron chi connectivity index (χ3n) is 2.10. The van der Waals surface area contributed by atoms with Gasteiger partial charge in [0.05, 0.1) is 4.92 Å². The second-order valence-corrected chi connectivity index (χ2v) is 3.23. The first kappa shape index (κ1) is 10.9. The average Bonchev–Trinajstić information content (AvgIpc) is 2.29. The van der Waals surface area contributed by atoms with E-state index in [1.807, 2.05) is 0 Å². The molecular formula is C10H7FN4O2. The molecular weight excluding hydrogens is 227 g/mol. The fraction of sp³-hybridized carbons (Fsp3) is 0. The molecule has 0 atom stereocenters. The molecule has 6 nitrogen and oxygen atoms in total. The molecule has 0 unspecified atom stereocenters. The van der Waals surface area contributed by atoms with Crippen molar-refractivity contribution in [2.24, 2.45) is 0 Å². The van der Waals surface area contributed by atoms with E-state index < -0.39 is 4.92 Å². The molecule has 2 rings (SSSR count). The highest BCUT2D eigenvalue weighted by Crippen LogP contribution is 2.22. The molecule has 0 amide bonds. The number of nitrogen functional groups attached to an aromatic ring is 1. The lowest BCUT2D eigenvalue weighted by Gasteiger charge is -2.01. The lowest BCUT2D eigenvalue weighted by atomic mass is 10.2. The van der Waals surface area contributed by atoms with Crippen molar-refractivity contribution in [3.63, 3.8) is 0 Å². The van der Waals surface area contributed by atoms with Gasteiger partial charge in [-0.25, -0.2) is 14.4 Å². The zero-order valence-electron chi connectivity index (χ0n) is 8.50. The Morgan fingerprint density at radius 3 is 2.47 bits per heavy atom. The predicted octanol–water partition coefficient (Wildman–Crippen LogP) is 1.77. The third-order valence-corrected chi connectivity index (χ3v) is 2.10. The first-order valence-corrected chi connectivity index (χ1v) is 4.61. The van der Waals surface area contributed by atoms with E-state index in [1.54, 1.807) is 0 Å². The van der Waals surface area contributed by atoms with E-state index in [4.69, 9.17) is 5.73 Å². The van der Waals surface area contributed by atoms with Crippen molar-refractivity contribution >= 4 is 11.5 Å². The van der Waals surface area contributed by atoms with E-state index >= 15 is 0 Å². The quantitative estimate of drug-likeness (QED) is 0.631. The van der Waals surface area contributed by atoms with Crippen molar-refractivity contribution in [2.75, 3.05) is 5.73 Å². The fourth-order valence-corrected chi connectivity index (χ4v) is 1.27. The summed E-state index contributed by atoms with van der Waals surface area (Å²) >= 11 is 0. The zero-order valence-corrected chi connectivity index (χ0v) is 8.50. The molecule has 7 heteroatoms. The normalized spacial score (nSPS) is 10.2. The van der Waals surface area contributed by atoms with E-state index in [2.05, 4.69) is 9.97 Å². The van der Waals surface area contributed by atoms with Crippen LogP contribution < -0.4 is 5.73 Å². The minimum atomic E-state index is -0.663. The summed E-state index contributed by atoms with van der Waals surface area (Å²) in [7, 11) is 0. The molecule has 0 radical (unpaired) electrons. The van der Waals surface area contributed by atoms with Gasteiger partial charge in [-0.05, 0) is 24.3 Å². The van der Waals surface area contributed by atoms with Crippen LogP contribution in [0, 0.1) is 15.9 Å². The minimum absolute atomic E-state index is 0.216. The van der Waals surface area contributed by atoms with Crippen LogP contribution in [0.25, 0.3) is 11.4 Å². The maximum atomic E-state index is 12.7. The summed E-state index contributed by atoms with van der Waals surface area (Å²) in [6, 6.07) is 5.43. The van der Waals surface area contributed by atoms with E-state index in [1.165, 1.54) is 24.3 Å². The van der Waals surface area contributed by atoms with Gasteiger partial charge in [0.2, 0.25) is 5.82 Å². The van der Waals surface area contributed by atoms with Crippen molar-refractivity contribution in [3.8, 4) is 11.4 Å². The predicted molar refractivity (Wildman–Crippen MR) is 58.5 cm³/mol. The van der Waals surface area contributed by atoms with Crippen LogP contribution in [0.3, 0.4) is 0 Å². The molecule has 0 fully saturated rings. The Balaban J connectivity index is 2.44. The Morgan fingerprint density at radius 1 is 1.29 bits per heavy atom. The number of nitrogens with two attached hydrogens (primary N) is 1. The molecule has 0 saturated carbocycles. The van der Waals surface area contributed by atoms with Gasteiger partial charge >= 0.3 is 5.69 Å². The Morgan fingerprint density at radius 2 is 1.94 bits per heavy atom. The van der Waals surface area contributed by atoms with Gasteiger partial charge < -0.3 is 5.73 Å². The molecule has 1 aromatic carbocycles. The first-order valence-electron chi connectivity index (χ1n) is 4.61. The highest BCUT2D eigenvalue weighted by molar-refractivity contribution is 5.60. The van der Waals surface area contributed by atoms with Crippen LogP contribution >= 0.6 is 0 Å². The standard InChI is InChI=1S/C10H7FN4O2/c11-7-3-1-6(2-4-7)10-13-5-8(15(16)17)9(12)14-10/h1-5H,(H2,12,13,14). The molecule has 2 aromatic rings. The van der Waals surface area contributed by atoms with Crippen LogP contribution in [0.2, 0.25) is 0 Å². The summed E-state index contributed by atoms with van der Waals surface area (Å²) in [5, 5.41) is 10.5. The van der Waals surface area contributed by atoms with Gasteiger partial charge in [0.25, 0.3) is 0 Å². The topological polar surface area (TPSA) is 94.9 Å². The highest BCUT2D eigenvalue weighted by Gasteiger charge is 2.14. The molecule has 86 valence electrons. The lowest BCUT2D eigenvalue weighted by Crippen LogP contribution is -2.01. The number of hydrogen-bond acceptors (Lipinski definition) is 5. The van der Waals surface area contributed by atoms with Crippen molar-refractivity contribution in [3.05, 3.63) is 46.4 Å². The molecule has 0 saturated heterocycles. The number of rotatable bonds is 2. The SMILES string of the molecule is Nc1nc(-c2ccc(F)cc2)ncc1[N+](=O)[O-]. The number of anilines is 1. The average molecular weight is 234 g/mol. The third kappa shape index (κ3) is 2.17. The first-order chi connectivity index (χ1) is 8.08. The van der Waals surface area contributed by atoms with E-state index in [0.717, 1.165) is 6.20 Å². The summed E-state index contributed by atoms with van der Waals surface area (Å²) in [5.74, 6) is -0.388. The van der Waals surface area contributed by atoms with Gasteiger partial charge in [-0.2, -0.15) is 0 Å². The Bertz CT molecular complexity index is 571. The van der Waals surface area contributed by atoms with Gasteiger partial charge in [0.1, 0.15) is 12.0 Å². The second-order valence-electron chi connectivity index (χ2n) is 3.23. The van der Waals surface area contributed by atoms with Crippen molar-refractivity contribution in [2.45, 2.75) is 0 Å². The van der Waals surface area contributed by atoms with Gasteiger partial charge in [-0.3, -0.25) is 10.1 Å². The number of aromatic nitrogens is 2. The highest BCUT2D eigenvalue weighted by atomic mass is 19.1. The summed E-state index contributed by atoms with van der Waals surface area (Å²) in [4.78, 5) is 17.4. The van der Waals surface area contributed by atoms with Crippen LogP contribution in [-0.4, -0.2) is 14.9 Å². The largest absolute Gasteiger partial charge is 0.378 e. The maximum absolute atomic E-state index is 12.7. The Labute approximate surface area is 95.1 Å². The fourth-order valence-electron chi connectivity index (χ4n) is 1.27. The second kappa shape index (κ2) is 4.12. The lowest BCUT2D eigenvalue weighted by molar-refractivity contribution is -0.384. The van der Waals surface area contributed by atoms with E-state index in [0.29, 0.717) is 5.56 Å². The number of nitro groups is 1. The van der Waals surface area contributed by atoms with Gasteiger partial charge in [0, 0.05) is 5.56 Å². The molecule has 0 aliphatic carbocycles. The van der Waals surface area contributed by atoms with Gasteiger partial charge in [-0.15, -0.1) is 0 Å². The van der Waals surface area contributed by atoms with Crippen LogP contribution in [-0.2, 0) is 0 Å². The molecule has 0 aliphatic rings. The molecule has 17 heavy (non-hydrogen) atoms. The summed E-state index contributed by atoms with van der Waals surface area (Å²) in [5.41, 5.74) is 5.61. The molecule has 0 aliphatic heterocycles. The smallest absolute Gasteiger partial charge is 0.329 e. The monoisotopic (exact) mass is 234 g/mol. The number of nitrogens with zero attached hydrogens (tertiary/aromatic N) is 3.